The van der Waals surface area contributed by atoms with Gasteiger partial charge in [0, 0.05) is 18.7 Å². The van der Waals surface area contributed by atoms with Crippen LogP contribution in [0.15, 0.2) is 78.5 Å². The van der Waals surface area contributed by atoms with Gasteiger partial charge in [0.1, 0.15) is 36.3 Å². The summed E-state index contributed by atoms with van der Waals surface area (Å²) in [6.07, 6.45) is 15.1. The average Bonchev–Trinajstić information content (AvgIpc) is 3.60. The first kappa shape index (κ1) is 24.3. The average molecular weight is 512 g/mol. The summed E-state index contributed by atoms with van der Waals surface area (Å²) < 4.78 is 19.6. The van der Waals surface area contributed by atoms with Crippen LogP contribution in [-0.2, 0) is 9.47 Å². The number of hydrogen-bond donors (Lipinski definition) is 1. The van der Waals surface area contributed by atoms with Gasteiger partial charge in [-0.05, 0) is 87.7 Å². The Bertz CT molecular complexity index is 1410. The summed E-state index contributed by atoms with van der Waals surface area (Å²) in [5.74, 6) is 2.75. The van der Waals surface area contributed by atoms with Crippen molar-refractivity contribution < 1.29 is 14.2 Å². The second-order valence-electron chi connectivity index (χ2n) is 9.94. The molecule has 0 spiro atoms. The van der Waals surface area contributed by atoms with Crippen molar-refractivity contribution in [3.8, 4) is 5.75 Å². The molecule has 196 valence electrons. The molecular weight excluding hydrogens is 478 g/mol. The van der Waals surface area contributed by atoms with Crippen molar-refractivity contribution >= 4 is 23.0 Å². The van der Waals surface area contributed by atoms with Crippen molar-refractivity contribution in [3.05, 3.63) is 89.7 Å². The van der Waals surface area contributed by atoms with Crippen LogP contribution in [0.4, 0.5) is 11.6 Å². The van der Waals surface area contributed by atoms with Gasteiger partial charge in [0.15, 0.2) is 11.4 Å². The molecule has 8 nitrogen and oxygen atoms in total. The normalized spacial score (nSPS) is 17.4. The van der Waals surface area contributed by atoms with Crippen LogP contribution in [0.5, 0.6) is 5.75 Å². The van der Waals surface area contributed by atoms with Crippen molar-refractivity contribution in [1.29, 1.82) is 0 Å². The van der Waals surface area contributed by atoms with Crippen molar-refractivity contribution in [1.82, 2.24) is 19.5 Å². The van der Waals surface area contributed by atoms with E-state index in [4.69, 9.17) is 24.3 Å². The van der Waals surface area contributed by atoms with Gasteiger partial charge >= 0.3 is 0 Å². The lowest BCUT2D eigenvalue weighted by molar-refractivity contribution is 0.238. The van der Waals surface area contributed by atoms with E-state index < -0.39 is 0 Å². The van der Waals surface area contributed by atoms with E-state index in [2.05, 4.69) is 28.4 Å². The Kier molecular flexibility index (Phi) is 7.13. The monoisotopic (exact) mass is 511 g/mol. The minimum atomic E-state index is 0.506. The van der Waals surface area contributed by atoms with Gasteiger partial charge in [0.2, 0.25) is 5.95 Å². The highest BCUT2D eigenvalue weighted by molar-refractivity contribution is 5.64. The van der Waals surface area contributed by atoms with Crippen LogP contribution in [0, 0.1) is 6.92 Å². The topological polar surface area (TPSA) is 73.2 Å². The zero-order valence-corrected chi connectivity index (χ0v) is 21.7. The number of fused-ring (bicyclic) bond motifs is 1. The van der Waals surface area contributed by atoms with E-state index in [9.17, 15) is 0 Å². The largest absolute Gasteiger partial charge is 0.492 e. The second-order valence-corrected chi connectivity index (χ2v) is 9.94. The summed E-state index contributed by atoms with van der Waals surface area (Å²) in [6, 6.07) is 11.9. The third kappa shape index (κ3) is 5.75. The van der Waals surface area contributed by atoms with Gasteiger partial charge in [0.25, 0.3) is 0 Å². The molecule has 1 fully saturated rings. The van der Waals surface area contributed by atoms with E-state index in [1.54, 1.807) is 17.0 Å². The van der Waals surface area contributed by atoms with E-state index in [0.717, 1.165) is 59.9 Å². The molecular formula is C30H33N5O3. The first-order valence-corrected chi connectivity index (χ1v) is 13.4. The number of nitrogens with one attached hydrogen (secondary N) is 1. The molecule has 38 heavy (non-hydrogen) atoms. The Morgan fingerprint density at radius 2 is 1.95 bits per heavy atom. The Morgan fingerprint density at radius 3 is 2.76 bits per heavy atom. The standard InChI is InChI=1S/C30H33N5O3/c1-22-17-27(28-21-36-20-26(38-28)19-23-7-3-2-4-8-23)35-29(18-22)32-30(33-35)31-24-9-11-25(12-10-24)37-16-15-34-13-5-6-14-34/h2-3,7,9-12,17-18,20-21H,4-6,8,13-16,19H2,1H3,(H,31,33). The Labute approximate surface area is 222 Å². The van der Waals surface area contributed by atoms with Gasteiger partial charge in [0.05, 0.1) is 0 Å². The van der Waals surface area contributed by atoms with E-state index in [0.29, 0.717) is 18.3 Å². The molecule has 2 aromatic heterocycles. The summed E-state index contributed by atoms with van der Waals surface area (Å²) in [5, 5.41) is 8.03. The van der Waals surface area contributed by atoms with Crippen LogP contribution >= 0.6 is 0 Å². The quantitative estimate of drug-likeness (QED) is 0.372. The van der Waals surface area contributed by atoms with Crippen molar-refractivity contribution in [2.24, 2.45) is 0 Å². The maximum atomic E-state index is 6.25. The van der Waals surface area contributed by atoms with Crippen LogP contribution in [-0.4, -0.2) is 45.7 Å². The Hall–Kier alpha value is -4.04. The van der Waals surface area contributed by atoms with Crippen molar-refractivity contribution in [2.75, 3.05) is 31.6 Å². The lowest BCUT2D eigenvalue weighted by atomic mass is 10.0. The predicted octanol–water partition coefficient (Wildman–Crippen LogP) is 6.11. The molecule has 1 aliphatic carbocycles. The number of nitrogens with zero attached hydrogens (tertiary/aromatic N) is 4. The number of hydrogen-bond acceptors (Lipinski definition) is 7. The summed E-state index contributed by atoms with van der Waals surface area (Å²) >= 11 is 0. The third-order valence-corrected chi connectivity index (χ3v) is 6.94. The number of rotatable bonds is 9. The summed E-state index contributed by atoms with van der Waals surface area (Å²) in [5.41, 5.74) is 4.79. The molecule has 0 unspecified atom stereocenters. The molecule has 3 aliphatic rings. The number of pyridine rings is 1. The number of benzene rings is 1. The third-order valence-electron chi connectivity index (χ3n) is 6.94. The van der Waals surface area contributed by atoms with Gasteiger partial charge in [-0.3, -0.25) is 4.90 Å². The molecule has 0 radical (unpaired) electrons. The van der Waals surface area contributed by atoms with Gasteiger partial charge in [-0.2, -0.15) is 4.98 Å². The maximum absolute atomic E-state index is 6.25. The summed E-state index contributed by atoms with van der Waals surface area (Å²) in [6.45, 7) is 6.09. The van der Waals surface area contributed by atoms with Crippen molar-refractivity contribution in [3.63, 3.8) is 0 Å². The minimum Gasteiger partial charge on any atom is -0.492 e. The Morgan fingerprint density at radius 1 is 1.08 bits per heavy atom. The van der Waals surface area contributed by atoms with Crippen LogP contribution in [0.2, 0.25) is 0 Å². The molecule has 4 heterocycles. The fraction of sp³-hybridized carbons (Fsp3) is 0.333. The van der Waals surface area contributed by atoms with Crippen LogP contribution in [0.25, 0.3) is 11.4 Å². The molecule has 6 rings (SSSR count). The number of aryl methyl sites for hydroxylation is 1. The first-order valence-electron chi connectivity index (χ1n) is 13.4. The maximum Gasteiger partial charge on any atom is 0.247 e. The van der Waals surface area contributed by atoms with E-state index in [1.165, 1.54) is 31.5 Å². The van der Waals surface area contributed by atoms with Crippen LogP contribution in [0.3, 0.4) is 0 Å². The molecule has 1 saturated heterocycles. The van der Waals surface area contributed by atoms with Crippen LogP contribution in [0.1, 0.15) is 43.4 Å². The SMILES string of the molecule is Cc1cc(C2=COC=C(CC3=CC=CCC3)O2)n2nc(Nc3ccc(OCCN4CCCC4)cc3)nc2c1. The molecule has 1 aromatic carbocycles. The zero-order chi connectivity index (χ0) is 25.7. The van der Waals surface area contributed by atoms with Crippen molar-refractivity contribution in [2.45, 2.75) is 39.0 Å². The van der Waals surface area contributed by atoms with E-state index in [-0.39, 0.29) is 0 Å². The molecule has 0 saturated carbocycles. The number of allylic oxidation sites excluding steroid dienone is 4. The molecule has 8 heteroatoms. The molecule has 3 aromatic rings. The number of aromatic nitrogens is 3. The number of anilines is 2. The van der Waals surface area contributed by atoms with E-state index in [1.807, 2.05) is 43.3 Å². The second kappa shape index (κ2) is 11.1. The lowest BCUT2D eigenvalue weighted by Crippen LogP contribution is -2.25. The predicted molar refractivity (Wildman–Crippen MR) is 148 cm³/mol. The highest BCUT2D eigenvalue weighted by Crippen LogP contribution is 2.30. The van der Waals surface area contributed by atoms with Gasteiger partial charge < -0.3 is 19.5 Å². The van der Waals surface area contributed by atoms with Crippen LogP contribution < -0.4 is 10.1 Å². The zero-order valence-electron chi connectivity index (χ0n) is 21.7. The summed E-state index contributed by atoms with van der Waals surface area (Å²) in [7, 11) is 0. The first-order chi connectivity index (χ1) is 18.7. The molecule has 0 amide bonds. The molecule has 0 atom stereocenters. The highest BCUT2D eigenvalue weighted by Gasteiger charge is 2.19. The fourth-order valence-corrected chi connectivity index (χ4v) is 4.98. The Balaban J connectivity index is 1.13. The summed E-state index contributed by atoms with van der Waals surface area (Å²) in [4.78, 5) is 7.15. The lowest BCUT2D eigenvalue weighted by Gasteiger charge is -2.19. The fourth-order valence-electron chi connectivity index (χ4n) is 4.98. The van der Waals surface area contributed by atoms with Gasteiger partial charge in [-0.15, -0.1) is 5.10 Å². The van der Waals surface area contributed by atoms with E-state index >= 15 is 0 Å². The highest BCUT2D eigenvalue weighted by atomic mass is 16.5. The smallest absolute Gasteiger partial charge is 0.247 e. The van der Waals surface area contributed by atoms with Gasteiger partial charge in [-0.1, -0.05) is 23.8 Å². The van der Waals surface area contributed by atoms with Gasteiger partial charge in [-0.25, -0.2) is 4.52 Å². The number of ether oxygens (including phenoxy) is 3. The molecule has 1 N–H and O–H groups in total. The minimum absolute atomic E-state index is 0.506. The number of likely N-dealkylation sites (tertiary alicyclic amines) is 1. The molecule has 0 bridgehead atoms. The molecule has 2 aliphatic heterocycles.